The molecule has 24 heavy (non-hydrogen) atoms. The molecule has 2 atom stereocenters. The zero-order valence-corrected chi connectivity index (χ0v) is 13.5. The third-order valence-electron chi connectivity index (χ3n) is 3.95. The van der Waals surface area contributed by atoms with Crippen molar-refractivity contribution in [3.63, 3.8) is 0 Å². The molecule has 2 aromatic rings. The maximum absolute atomic E-state index is 12.1. The van der Waals surface area contributed by atoms with Crippen molar-refractivity contribution in [2.24, 2.45) is 0 Å². The second kappa shape index (κ2) is 7.59. The number of benzene rings is 1. The number of fused-ring (bicyclic) bond motifs is 1. The third kappa shape index (κ3) is 4.21. The van der Waals surface area contributed by atoms with E-state index in [1.165, 1.54) is 12.1 Å². The Morgan fingerprint density at radius 2 is 2.12 bits per heavy atom. The fourth-order valence-electron chi connectivity index (χ4n) is 2.56. The van der Waals surface area contributed by atoms with Crippen LogP contribution < -0.4 is 10.4 Å². The predicted molar refractivity (Wildman–Crippen MR) is 87.1 cm³/mol. The standard InChI is InChI=1S/C18H20O6/c1-12(22-11-15-4-2-3-9-21-15)18(20)23-14-7-5-13-6-8-17(19)24-16(13)10-14/h5-8,10,12,15H,2-4,9,11H2,1H3. The Morgan fingerprint density at radius 1 is 1.29 bits per heavy atom. The minimum atomic E-state index is -0.700. The Bertz CT molecular complexity index is 759. The molecule has 0 aliphatic carbocycles. The first-order valence-electron chi connectivity index (χ1n) is 8.10. The normalized spacial score (nSPS) is 19.1. The van der Waals surface area contributed by atoms with E-state index < -0.39 is 17.7 Å². The lowest BCUT2D eigenvalue weighted by Gasteiger charge is -2.23. The SMILES string of the molecule is CC(OCC1CCCCO1)C(=O)Oc1ccc2ccc(=O)oc2c1. The number of hydrogen-bond acceptors (Lipinski definition) is 6. The largest absolute Gasteiger partial charge is 0.424 e. The molecular formula is C18H20O6. The molecule has 6 nitrogen and oxygen atoms in total. The van der Waals surface area contributed by atoms with Crippen LogP contribution in [-0.4, -0.2) is 31.4 Å². The van der Waals surface area contributed by atoms with E-state index in [1.807, 2.05) is 0 Å². The summed E-state index contributed by atoms with van der Waals surface area (Å²) in [6.07, 6.45) is 2.49. The molecule has 3 rings (SSSR count). The van der Waals surface area contributed by atoms with E-state index in [0.29, 0.717) is 17.9 Å². The van der Waals surface area contributed by atoms with Crippen LogP contribution in [0.2, 0.25) is 0 Å². The second-order valence-electron chi connectivity index (χ2n) is 5.84. The molecule has 0 spiro atoms. The van der Waals surface area contributed by atoms with Gasteiger partial charge in [0.1, 0.15) is 11.3 Å². The molecule has 0 radical (unpaired) electrons. The molecule has 0 N–H and O–H groups in total. The van der Waals surface area contributed by atoms with Crippen LogP contribution in [0.3, 0.4) is 0 Å². The number of rotatable bonds is 5. The maximum Gasteiger partial charge on any atom is 0.340 e. The van der Waals surface area contributed by atoms with Crippen LogP contribution in [0.1, 0.15) is 26.2 Å². The molecule has 1 aliphatic heterocycles. The van der Waals surface area contributed by atoms with Gasteiger partial charge < -0.3 is 18.6 Å². The lowest BCUT2D eigenvalue weighted by atomic mass is 10.1. The first-order valence-corrected chi connectivity index (χ1v) is 8.10. The van der Waals surface area contributed by atoms with E-state index in [0.717, 1.165) is 31.3 Å². The molecule has 128 valence electrons. The average molecular weight is 332 g/mol. The first-order chi connectivity index (χ1) is 11.6. The average Bonchev–Trinajstić information content (AvgIpc) is 2.60. The minimum absolute atomic E-state index is 0.0453. The molecule has 6 heteroatoms. The van der Waals surface area contributed by atoms with Crippen molar-refractivity contribution >= 4 is 16.9 Å². The highest BCUT2D eigenvalue weighted by molar-refractivity contribution is 5.81. The van der Waals surface area contributed by atoms with Crippen LogP contribution in [-0.2, 0) is 14.3 Å². The summed E-state index contributed by atoms with van der Waals surface area (Å²) in [5, 5.41) is 0.758. The van der Waals surface area contributed by atoms with Crippen molar-refractivity contribution in [1.29, 1.82) is 0 Å². The summed E-state index contributed by atoms with van der Waals surface area (Å²) in [5.41, 5.74) is -0.0767. The molecule has 2 unspecified atom stereocenters. The van der Waals surface area contributed by atoms with Crippen molar-refractivity contribution < 1.29 is 23.4 Å². The van der Waals surface area contributed by atoms with Crippen LogP contribution in [0.5, 0.6) is 5.75 Å². The van der Waals surface area contributed by atoms with Gasteiger partial charge in [-0.3, -0.25) is 0 Å². The summed E-state index contributed by atoms with van der Waals surface area (Å²) < 4.78 is 21.5. The highest BCUT2D eigenvalue weighted by Gasteiger charge is 2.20. The van der Waals surface area contributed by atoms with E-state index >= 15 is 0 Å². The number of carbonyl (C=O) groups excluding carboxylic acids is 1. The van der Waals surface area contributed by atoms with Gasteiger partial charge in [-0.25, -0.2) is 9.59 Å². The van der Waals surface area contributed by atoms with Gasteiger partial charge in [-0.15, -0.1) is 0 Å². The van der Waals surface area contributed by atoms with Crippen molar-refractivity contribution in [3.8, 4) is 5.75 Å². The fraction of sp³-hybridized carbons (Fsp3) is 0.444. The summed E-state index contributed by atoms with van der Waals surface area (Å²) >= 11 is 0. The van der Waals surface area contributed by atoms with E-state index in [-0.39, 0.29) is 6.10 Å². The Kier molecular flexibility index (Phi) is 5.27. The lowest BCUT2D eigenvalue weighted by molar-refractivity contribution is -0.149. The van der Waals surface area contributed by atoms with Crippen LogP contribution in [0.25, 0.3) is 11.0 Å². The van der Waals surface area contributed by atoms with Crippen LogP contribution in [0.15, 0.2) is 39.5 Å². The zero-order chi connectivity index (χ0) is 16.9. The van der Waals surface area contributed by atoms with Gasteiger partial charge >= 0.3 is 11.6 Å². The van der Waals surface area contributed by atoms with Gasteiger partial charge in [0.15, 0.2) is 6.10 Å². The monoisotopic (exact) mass is 332 g/mol. The summed E-state index contributed by atoms with van der Waals surface area (Å²) in [5.74, 6) is -0.186. The van der Waals surface area contributed by atoms with Crippen molar-refractivity contribution in [2.45, 2.75) is 38.4 Å². The number of esters is 1. The molecule has 0 saturated carbocycles. The van der Waals surface area contributed by atoms with Gasteiger partial charge in [-0.1, -0.05) is 0 Å². The van der Waals surface area contributed by atoms with Crippen molar-refractivity contribution in [1.82, 2.24) is 0 Å². The first kappa shape index (κ1) is 16.7. The molecule has 1 aromatic carbocycles. The molecule has 0 amide bonds. The quantitative estimate of drug-likeness (QED) is 0.476. The van der Waals surface area contributed by atoms with Gasteiger partial charge in [0.2, 0.25) is 0 Å². The van der Waals surface area contributed by atoms with E-state index in [2.05, 4.69) is 0 Å². The Balaban J connectivity index is 1.58. The highest BCUT2D eigenvalue weighted by Crippen LogP contribution is 2.20. The molecule has 1 aliphatic rings. The molecule has 1 fully saturated rings. The van der Waals surface area contributed by atoms with E-state index in [1.54, 1.807) is 25.1 Å². The molecular weight excluding hydrogens is 312 g/mol. The van der Waals surface area contributed by atoms with Gasteiger partial charge in [0, 0.05) is 24.1 Å². The maximum atomic E-state index is 12.1. The zero-order valence-electron chi connectivity index (χ0n) is 13.5. The Hall–Kier alpha value is -2.18. The van der Waals surface area contributed by atoms with Crippen molar-refractivity contribution in [3.05, 3.63) is 40.8 Å². The Morgan fingerprint density at radius 3 is 2.92 bits per heavy atom. The van der Waals surface area contributed by atoms with Gasteiger partial charge in [0.25, 0.3) is 0 Å². The van der Waals surface area contributed by atoms with E-state index in [9.17, 15) is 9.59 Å². The summed E-state index contributed by atoms with van der Waals surface area (Å²) in [6, 6.07) is 7.89. The number of ether oxygens (including phenoxy) is 3. The number of carbonyl (C=O) groups is 1. The van der Waals surface area contributed by atoms with Crippen LogP contribution >= 0.6 is 0 Å². The molecule has 1 saturated heterocycles. The predicted octanol–water partition coefficient (Wildman–Crippen LogP) is 2.67. The summed E-state index contributed by atoms with van der Waals surface area (Å²) in [6.45, 7) is 2.77. The minimum Gasteiger partial charge on any atom is -0.424 e. The van der Waals surface area contributed by atoms with Crippen LogP contribution in [0, 0.1) is 0 Å². The highest BCUT2D eigenvalue weighted by atomic mass is 16.6. The summed E-state index contributed by atoms with van der Waals surface area (Å²) in [4.78, 5) is 23.4. The van der Waals surface area contributed by atoms with Crippen LogP contribution in [0.4, 0.5) is 0 Å². The second-order valence-corrected chi connectivity index (χ2v) is 5.84. The smallest absolute Gasteiger partial charge is 0.340 e. The molecule has 0 bridgehead atoms. The fourth-order valence-corrected chi connectivity index (χ4v) is 2.56. The van der Waals surface area contributed by atoms with Gasteiger partial charge in [-0.2, -0.15) is 0 Å². The van der Waals surface area contributed by atoms with Gasteiger partial charge in [0.05, 0.1) is 12.7 Å². The van der Waals surface area contributed by atoms with Crippen molar-refractivity contribution in [2.75, 3.05) is 13.2 Å². The van der Waals surface area contributed by atoms with Gasteiger partial charge in [-0.05, 0) is 44.4 Å². The molecule has 1 aromatic heterocycles. The molecule has 2 heterocycles. The third-order valence-corrected chi connectivity index (χ3v) is 3.95. The van der Waals surface area contributed by atoms with E-state index in [4.69, 9.17) is 18.6 Å². The Labute approximate surface area is 139 Å². The number of hydrogen-bond donors (Lipinski definition) is 0. The summed E-state index contributed by atoms with van der Waals surface area (Å²) in [7, 11) is 0. The lowest BCUT2D eigenvalue weighted by Crippen LogP contribution is -2.31. The topological polar surface area (TPSA) is 75.0 Å².